The zero-order valence-corrected chi connectivity index (χ0v) is 11.4. The zero-order valence-electron chi connectivity index (χ0n) is 11.4. The fourth-order valence-corrected chi connectivity index (χ4v) is 2.25. The molecule has 1 aliphatic rings. The molecule has 1 aromatic heterocycles. The van der Waals surface area contributed by atoms with Gasteiger partial charge in [-0.2, -0.15) is 4.80 Å². The minimum absolute atomic E-state index is 0.0620. The number of aromatic nitrogens is 4. The van der Waals surface area contributed by atoms with Crippen LogP contribution in [0.5, 0.6) is 0 Å². The molecule has 104 valence electrons. The maximum Gasteiger partial charge on any atom is 0.246 e. The second-order valence-corrected chi connectivity index (χ2v) is 4.92. The fraction of sp³-hybridized carbons (Fsp3) is 0.429. The Labute approximate surface area is 117 Å². The van der Waals surface area contributed by atoms with Crippen molar-refractivity contribution >= 4 is 5.91 Å². The molecule has 1 fully saturated rings. The van der Waals surface area contributed by atoms with E-state index in [1.54, 1.807) is 0 Å². The summed E-state index contributed by atoms with van der Waals surface area (Å²) in [6, 6.07) is 10.0. The average molecular weight is 271 g/mol. The van der Waals surface area contributed by atoms with Gasteiger partial charge in [-0.05, 0) is 25.0 Å². The van der Waals surface area contributed by atoms with E-state index < -0.39 is 0 Å². The Kier molecular flexibility index (Phi) is 3.45. The van der Waals surface area contributed by atoms with Crippen LogP contribution in [0.1, 0.15) is 19.8 Å². The third-order valence-electron chi connectivity index (χ3n) is 3.41. The smallest absolute Gasteiger partial charge is 0.246 e. The van der Waals surface area contributed by atoms with Crippen LogP contribution >= 0.6 is 0 Å². The van der Waals surface area contributed by atoms with Crippen LogP contribution in [0.15, 0.2) is 30.3 Å². The highest BCUT2D eigenvalue weighted by Crippen LogP contribution is 2.26. The largest absolute Gasteiger partial charge is 0.338 e. The van der Waals surface area contributed by atoms with E-state index in [4.69, 9.17) is 0 Å². The van der Waals surface area contributed by atoms with Gasteiger partial charge in [-0.15, -0.1) is 10.2 Å². The molecule has 6 nitrogen and oxygen atoms in total. The number of rotatable bonds is 5. The van der Waals surface area contributed by atoms with E-state index in [0.29, 0.717) is 11.9 Å². The Morgan fingerprint density at radius 2 is 2.10 bits per heavy atom. The van der Waals surface area contributed by atoms with E-state index in [1.807, 2.05) is 42.2 Å². The lowest BCUT2D eigenvalue weighted by atomic mass is 10.2. The van der Waals surface area contributed by atoms with Crippen molar-refractivity contribution in [1.29, 1.82) is 0 Å². The molecule has 3 rings (SSSR count). The molecule has 0 unspecified atom stereocenters. The summed E-state index contributed by atoms with van der Waals surface area (Å²) in [5.41, 5.74) is 0.903. The summed E-state index contributed by atoms with van der Waals surface area (Å²) in [5, 5.41) is 12.2. The molecule has 1 saturated carbocycles. The lowest BCUT2D eigenvalue weighted by molar-refractivity contribution is -0.132. The summed E-state index contributed by atoms with van der Waals surface area (Å²) in [4.78, 5) is 15.4. The van der Waals surface area contributed by atoms with Crippen LogP contribution < -0.4 is 0 Å². The second kappa shape index (κ2) is 5.40. The number of hydrogen-bond acceptors (Lipinski definition) is 4. The second-order valence-electron chi connectivity index (χ2n) is 4.92. The van der Waals surface area contributed by atoms with Crippen LogP contribution in [0.4, 0.5) is 0 Å². The molecule has 6 heteroatoms. The van der Waals surface area contributed by atoms with Crippen LogP contribution in [-0.2, 0) is 11.3 Å². The monoisotopic (exact) mass is 271 g/mol. The number of carbonyl (C=O) groups is 1. The van der Waals surface area contributed by atoms with Gasteiger partial charge in [-0.1, -0.05) is 30.3 Å². The first-order valence-electron chi connectivity index (χ1n) is 6.90. The van der Waals surface area contributed by atoms with Crippen molar-refractivity contribution in [2.24, 2.45) is 0 Å². The fourth-order valence-electron chi connectivity index (χ4n) is 2.25. The molecule has 0 atom stereocenters. The van der Waals surface area contributed by atoms with Crippen LogP contribution in [-0.4, -0.2) is 43.6 Å². The van der Waals surface area contributed by atoms with Crippen molar-refractivity contribution in [3.05, 3.63) is 30.3 Å². The molecule has 0 N–H and O–H groups in total. The topological polar surface area (TPSA) is 63.9 Å². The van der Waals surface area contributed by atoms with E-state index in [1.165, 1.54) is 4.80 Å². The Bertz CT molecular complexity index is 591. The predicted octanol–water partition coefficient (Wildman–Crippen LogP) is 1.35. The standard InChI is InChI=1S/C14H17N5O/c1-2-18(12-8-9-12)13(20)10-19-16-14(15-17-19)11-6-4-3-5-7-11/h3-7,12H,2,8-10H2,1H3. The first-order chi connectivity index (χ1) is 9.78. The maximum absolute atomic E-state index is 12.2. The highest BCUT2D eigenvalue weighted by Gasteiger charge is 2.31. The van der Waals surface area contributed by atoms with E-state index in [2.05, 4.69) is 15.4 Å². The summed E-state index contributed by atoms with van der Waals surface area (Å²) >= 11 is 0. The van der Waals surface area contributed by atoms with Crippen LogP contribution in [0.3, 0.4) is 0 Å². The Hall–Kier alpha value is -2.24. The summed E-state index contributed by atoms with van der Waals surface area (Å²) in [5.74, 6) is 0.611. The number of tetrazole rings is 1. The van der Waals surface area contributed by atoms with Gasteiger partial charge >= 0.3 is 0 Å². The van der Waals surface area contributed by atoms with E-state index in [9.17, 15) is 4.79 Å². The summed E-state index contributed by atoms with van der Waals surface area (Å²) < 4.78 is 0. The molecule has 2 aromatic rings. The molecule has 1 aromatic carbocycles. The van der Waals surface area contributed by atoms with Crippen molar-refractivity contribution in [2.45, 2.75) is 32.4 Å². The zero-order chi connectivity index (χ0) is 13.9. The van der Waals surface area contributed by atoms with Gasteiger partial charge in [0.2, 0.25) is 11.7 Å². The molecule has 0 aliphatic heterocycles. The third kappa shape index (κ3) is 2.68. The number of likely N-dealkylation sites (N-methyl/N-ethyl adjacent to an activating group) is 1. The predicted molar refractivity (Wildman–Crippen MR) is 73.7 cm³/mol. The first-order valence-corrected chi connectivity index (χ1v) is 6.90. The molecule has 0 radical (unpaired) electrons. The normalized spacial score (nSPS) is 14.2. The number of benzene rings is 1. The lowest BCUT2D eigenvalue weighted by Gasteiger charge is -2.19. The third-order valence-corrected chi connectivity index (χ3v) is 3.41. The van der Waals surface area contributed by atoms with Gasteiger partial charge in [0.1, 0.15) is 6.54 Å². The Balaban J connectivity index is 1.69. The van der Waals surface area contributed by atoms with E-state index >= 15 is 0 Å². The molecule has 0 spiro atoms. The molecule has 1 heterocycles. The minimum Gasteiger partial charge on any atom is -0.338 e. The molecule has 1 aliphatic carbocycles. The van der Waals surface area contributed by atoms with Crippen LogP contribution in [0.2, 0.25) is 0 Å². The Morgan fingerprint density at radius 3 is 2.75 bits per heavy atom. The molecular formula is C14H17N5O. The Morgan fingerprint density at radius 1 is 1.35 bits per heavy atom. The van der Waals surface area contributed by atoms with Gasteiger partial charge < -0.3 is 4.90 Å². The van der Waals surface area contributed by atoms with Gasteiger partial charge in [-0.3, -0.25) is 4.79 Å². The number of amides is 1. The minimum atomic E-state index is 0.0620. The van der Waals surface area contributed by atoms with Crippen LogP contribution in [0, 0.1) is 0 Å². The van der Waals surface area contributed by atoms with Crippen molar-refractivity contribution < 1.29 is 4.79 Å². The molecule has 0 bridgehead atoms. The molecular weight excluding hydrogens is 254 g/mol. The SMILES string of the molecule is CCN(C(=O)Cn1nnc(-c2ccccc2)n1)C1CC1. The highest BCUT2D eigenvalue weighted by molar-refractivity contribution is 5.76. The first kappa shape index (κ1) is 12.8. The van der Waals surface area contributed by atoms with Crippen molar-refractivity contribution in [1.82, 2.24) is 25.1 Å². The quantitative estimate of drug-likeness (QED) is 0.823. The van der Waals surface area contributed by atoms with Gasteiger partial charge in [0.15, 0.2) is 0 Å². The molecule has 20 heavy (non-hydrogen) atoms. The number of hydrogen-bond donors (Lipinski definition) is 0. The van der Waals surface area contributed by atoms with E-state index in [0.717, 1.165) is 24.9 Å². The summed E-state index contributed by atoms with van der Waals surface area (Å²) in [6.45, 7) is 2.90. The summed E-state index contributed by atoms with van der Waals surface area (Å²) in [6.07, 6.45) is 2.22. The van der Waals surface area contributed by atoms with Crippen molar-refractivity contribution in [3.63, 3.8) is 0 Å². The van der Waals surface area contributed by atoms with Crippen molar-refractivity contribution in [2.75, 3.05) is 6.54 Å². The molecule has 1 amide bonds. The summed E-state index contributed by atoms with van der Waals surface area (Å²) in [7, 11) is 0. The van der Waals surface area contributed by atoms with E-state index in [-0.39, 0.29) is 12.5 Å². The van der Waals surface area contributed by atoms with Crippen molar-refractivity contribution in [3.8, 4) is 11.4 Å². The van der Waals surface area contributed by atoms with Gasteiger partial charge in [0, 0.05) is 18.2 Å². The maximum atomic E-state index is 12.2. The number of nitrogens with zero attached hydrogens (tertiary/aromatic N) is 5. The number of carbonyl (C=O) groups excluding carboxylic acids is 1. The van der Waals surface area contributed by atoms with Gasteiger partial charge in [0.25, 0.3) is 0 Å². The molecule has 0 saturated heterocycles. The van der Waals surface area contributed by atoms with Gasteiger partial charge in [0.05, 0.1) is 0 Å². The highest BCUT2D eigenvalue weighted by atomic mass is 16.2. The van der Waals surface area contributed by atoms with Gasteiger partial charge in [-0.25, -0.2) is 0 Å². The average Bonchev–Trinajstić information content (AvgIpc) is 3.19. The van der Waals surface area contributed by atoms with Crippen LogP contribution in [0.25, 0.3) is 11.4 Å². The lowest BCUT2D eigenvalue weighted by Crippen LogP contribution is -2.36.